The molecule has 0 aromatic heterocycles. The minimum absolute atomic E-state index is 0.185. The van der Waals surface area contributed by atoms with Gasteiger partial charge in [0.25, 0.3) is 0 Å². The fourth-order valence-corrected chi connectivity index (χ4v) is 4.63. The van der Waals surface area contributed by atoms with E-state index in [0.717, 1.165) is 51.6 Å². The third kappa shape index (κ3) is 2.27. The molecule has 20 heavy (non-hydrogen) atoms. The second-order valence-corrected chi connectivity index (χ2v) is 7.00. The summed E-state index contributed by atoms with van der Waals surface area (Å²) in [7, 11) is 0. The monoisotopic (exact) mass is 282 g/mol. The van der Waals surface area contributed by atoms with Gasteiger partial charge in [-0.15, -0.1) is 0 Å². The van der Waals surface area contributed by atoms with Gasteiger partial charge in [0.2, 0.25) is 0 Å². The summed E-state index contributed by atoms with van der Waals surface area (Å²) in [6.07, 6.45) is 6.58. The Labute approximate surface area is 120 Å². The first-order valence-corrected chi connectivity index (χ1v) is 8.05. The van der Waals surface area contributed by atoms with Gasteiger partial charge in [-0.05, 0) is 43.9 Å². The van der Waals surface area contributed by atoms with Crippen molar-refractivity contribution in [3.63, 3.8) is 0 Å². The van der Waals surface area contributed by atoms with Gasteiger partial charge in [-0.2, -0.15) is 0 Å². The minimum atomic E-state index is -0.575. The topological polar surface area (TPSA) is 55.8 Å². The number of hydrogen-bond acceptors (Lipinski definition) is 3. The molecule has 1 N–H and O–H groups in total. The fraction of sp³-hybridized carbons (Fsp3) is 0.938. The third-order valence-corrected chi connectivity index (χ3v) is 6.00. The van der Waals surface area contributed by atoms with Crippen LogP contribution in [-0.2, 0) is 14.3 Å². The van der Waals surface area contributed by atoms with E-state index in [2.05, 4.69) is 6.92 Å². The molecule has 0 bridgehead atoms. The maximum atomic E-state index is 12.0. The molecule has 3 rings (SSSR count). The zero-order valence-corrected chi connectivity index (χ0v) is 12.4. The van der Waals surface area contributed by atoms with Gasteiger partial charge in [-0.25, -0.2) is 0 Å². The Bertz CT molecular complexity index is 375. The highest BCUT2D eigenvalue weighted by atomic mass is 16.6. The Morgan fingerprint density at radius 3 is 2.70 bits per heavy atom. The van der Waals surface area contributed by atoms with Crippen LogP contribution in [0.3, 0.4) is 0 Å². The molecule has 4 heteroatoms. The van der Waals surface area contributed by atoms with Crippen LogP contribution < -0.4 is 0 Å². The highest BCUT2D eigenvalue weighted by molar-refractivity contribution is 5.75. The van der Waals surface area contributed by atoms with Crippen LogP contribution in [0, 0.1) is 17.3 Å². The first-order chi connectivity index (χ1) is 9.60. The number of carboxylic acid groups (broad SMARTS) is 1. The lowest BCUT2D eigenvalue weighted by Gasteiger charge is -2.43. The van der Waals surface area contributed by atoms with Crippen LogP contribution in [0.1, 0.15) is 51.9 Å². The molecule has 4 atom stereocenters. The Morgan fingerprint density at radius 1 is 1.25 bits per heavy atom. The summed E-state index contributed by atoms with van der Waals surface area (Å²) < 4.78 is 11.5. The first-order valence-electron chi connectivity index (χ1n) is 8.05. The lowest BCUT2D eigenvalue weighted by atomic mass is 9.66. The lowest BCUT2D eigenvalue weighted by molar-refractivity contribution is -0.163. The minimum Gasteiger partial charge on any atom is -0.481 e. The van der Waals surface area contributed by atoms with E-state index in [1.54, 1.807) is 0 Å². The second-order valence-electron chi connectivity index (χ2n) is 7.00. The highest BCUT2D eigenvalue weighted by Crippen LogP contribution is 2.54. The van der Waals surface area contributed by atoms with Crippen molar-refractivity contribution in [2.75, 3.05) is 19.8 Å². The smallest absolute Gasteiger partial charge is 0.309 e. The SMILES string of the molecule is CCC1CCC(C(=O)O)(C2CCOC3(CCOC3)C2)C1. The summed E-state index contributed by atoms with van der Waals surface area (Å²) in [6.45, 7) is 4.28. The van der Waals surface area contributed by atoms with Crippen molar-refractivity contribution < 1.29 is 19.4 Å². The molecule has 0 radical (unpaired) electrons. The summed E-state index contributed by atoms with van der Waals surface area (Å²) in [4.78, 5) is 12.0. The first kappa shape index (κ1) is 14.3. The number of aliphatic carboxylic acids is 1. The van der Waals surface area contributed by atoms with Crippen LogP contribution in [0.15, 0.2) is 0 Å². The molecule has 114 valence electrons. The van der Waals surface area contributed by atoms with Gasteiger partial charge in [0.15, 0.2) is 0 Å². The zero-order chi connectivity index (χ0) is 14.2. The average molecular weight is 282 g/mol. The van der Waals surface area contributed by atoms with E-state index < -0.39 is 11.4 Å². The Morgan fingerprint density at radius 2 is 2.10 bits per heavy atom. The van der Waals surface area contributed by atoms with E-state index in [-0.39, 0.29) is 11.5 Å². The van der Waals surface area contributed by atoms with Crippen molar-refractivity contribution in [1.29, 1.82) is 0 Å². The number of rotatable bonds is 3. The molecule has 2 aliphatic heterocycles. The Balaban J connectivity index is 1.79. The summed E-state index contributed by atoms with van der Waals surface area (Å²) in [5.74, 6) is 0.270. The van der Waals surface area contributed by atoms with Crippen molar-refractivity contribution in [3.8, 4) is 0 Å². The van der Waals surface area contributed by atoms with Crippen LogP contribution in [0.5, 0.6) is 0 Å². The molecule has 1 aliphatic carbocycles. The van der Waals surface area contributed by atoms with Gasteiger partial charge in [-0.1, -0.05) is 13.3 Å². The van der Waals surface area contributed by atoms with Gasteiger partial charge in [0.05, 0.1) is 17.6 Å². The summed E-state index contributed by atoms with van der Waals surface area (Å²) >= 11 is 0. The maximum Gasteiger partial charge on any atom is 0.309 e. The lowest BCUT2D eigenvalue weighted by Crippen LogP contribution is -2.48. The molecule has 3 fully saturated rings. The molecular formula is C16H26O4. The number of carboxylic acids is 1. The van der Waals surface area contributed by atoms with Crippen LogP contribution >= 0.6 is 0 Å². The fourth-order valence-electron chi connectivity index (χ4n) is 4.63. The predicted octanol–water partition coefficient (Wildman–Crippen LogP) is 2.85. The van der Waals surface area contributed by atoms with Crippen LogP contribution in [-0.4, -0.2) is 36.5 Å². The van der Waals surface area contributed by atoms with Gasteiger partial charge in [-0.3, -0.25) is 4.79 Å². The van der Waals surface area contributed by atoms with Crippen molar-refractivity contribution in [2.24, 2.45) is 17.3 Å². The molecule has 1 saturated carbocycles. The second kappa shape index (κ2) is 5.30. The van der Waals surface area contributed by atoms with Gasteiger partial charge < -0.3 is 14.6 Å². The van der Waals surface area contributed by atoms with Crippen molar-refractivity contribution in [2.45, 2.75) is 57.5 Å². The molecule has 0 amide bonds. The quantitative estimate of drug-likeness (QED) is 0.864. The largest absolute Gasteiger partial charge is 0.481 e. The van der Waals surface area contributed by atoms with Crippen LogP contribution in [0.25, 0.3) is 0 Å². The van der Waals surface area contributed by atoms with E-state index in [1.165, 1.54) is 0 Å². The van der Waals surface area contributed by atoms with Crippen molar-refractivity contribution in [3.05, 3.63) is 0 Å². The van der Waals surface area contributed by atoms with Crippen molar-refractivity contribution in [1.82, 2.24) is 0 Å². The summed E-state index contributed by atoms with van der Waals surface area (Å²) in [6, 6.07) is 0. The van der Waals surface area contributed by atoms with E-state index in [4.69, 9.17) is 9.47 Å². The predicted molar refractivity (Wildman–Crippen MR) is 74.5 cm³/mol. The standard InChI is InChI=1S/C16H26O4/c1-2-12-3-5-16(9-12,14(17)18)13-4-7-20-15(10-13)6-8-19-11-15/h12-13H,2-11H2,1H3,(H,17,18). The zero-order valence-electron chi connectivity index (χ0n) is 12.4. The maximum absolute atomic E-state index is 12.0. The number of hydrogen-bond donors (Lipinski definition) is 1. The molecule has 4 nitrogen and oxygen atoms in total. The number of ether oxygens (including phenoxy) is 2. The molecule has 0 aromatic rings. The Hall–Kier alpha value is -0.610. The van der Waals surface area contributed by atoms with Gasteiger partial charge in [0, 0.05) is 19.6 Å². The van der Waals surface area contributed by atoms with E-state index in [9.17, 15) is 9.90 Å². The van der Waals surface area contributed by atoms with Crippen molar-refractivity contribution >= 4 is 5.97 Å². The average Bonchev–Trinajstić information content (AvgIpc) is 3.07. The summed E-state index contributed by atoms with van der Waals surface area (Å²) in [5, 5.41) is 9.89. The normalized spacial score (nSPS) is 45.0. The van der Waals surface area contributed by atoms with E-state index >= 15 is 0 Å². The molecular weight excluding hydrogens is 256 g/mol. The highest BCUT2D eigenvalue weighted by Gasteiger charge is 2.54. The van der Waals surface area contributed by atoms with Gasteiger partial charge >= 0.3 is 5.97 Å². The molecule has 3 aliphatic rings. The molecule has 4 unspecified atom stereocenters. The summed E-state index contributed by atoms with van der Waals surface area (Å²) in [5.41, 5.74) is -0.685. The van der Waals surface area contributed by atoms with E-state index in [1.807, 2.05) is 0 Å². The molecule has 0 aromatic carbocycles. The third-order valence-electron chi connectivity index (χ3n) is 6.00. The molecule has 2 saturated heterocycles. The molecule has 2 heterocycles. The molecule has 1 spiro atoms. The van der Waals surface area contributed by atoms with Gasteiger partial charge in [0.1, 0.15) is 0 Å². The number of carbonyl (C=O) groups is 1. The van der Waals surface area contributed by atoms with Crippen LogP contribution in [0.2, 0.25) is 0 Å². The Kier molecular flexibility index (Phi) is 3.80. The van der Waals surface area contributed by atoms with Crippen LogP contribution in [0.4, 0.5) is 0 Å². The van der Waals surface area contributed by atoms with E-state index in [0.29, 0.717) is 19.1 Å².